The third kappa shape index (κ3) is 4.09. The number of imidazole rings is 1. The second kappa shape index (κ2) is 6.85. The lowest BCUT2D eigenvalue weighted by molar-refractivity contribution is 0.0594. The minimum Gasteiger partial charge on any atom is -0.391 e. The van der Waals surface area contributed by atoms with Gasteiger partial charge < -0.3 is 19.7 Å². The summed E-state index contributed by atoms with van der Waals surface area (Å²) in [5.41, 5.74) is 0. The van der Waals surface area contributed by atoms with E-state index < -0.39 is 6.10 Å². The molecule has 0 saturated carbocycles. The predicted molar refractivity (Wildman–Crippen MR) is 62.4 cm³/mol. The van der Waals surface area contributed by atoms with E-state index in [1.807, 2.05) is 11.6 Å². The van der Waals surface area contributed by atoms with Gasteiger partial charge in [0.15, 0.2) is 0 Å². The monoisotopic (exact) mass is 247 g/mol. The third-order valence-corrected chi connectivity index (χ3v) is 2.68. The fourth-order valence-electron chi connectivity index (χ4n) is 1.33. The molecule has 1 aromatic heterocycles. The largest absolute Gasteiger partial charge is 0.391 e. The van der Waals surface area contributed by atoms with Gasteiger partial charge in [-0.3, -0.25) is 0 Å². The fourth-order valence-corrected chi connectivity index (χ4v) is 1.48. The molecule has 2 N–H and O–H groups in total. The molecule has 0 saturated heterocycles. The van der Waals surface area contributed by atoms with E-state index in [2.05, 4.69) is 10.3 Å². The molecule has 0 aliphatic rings. The molecule has 16 heavy (non-hydrogen) atoms. The molecule has 92 valence electrons. The van der Waals surface area contributed by atoms with E-state index >= 15 is 0 Å². The molecule has 6 heteroatoms. The van der Waals surface area contributed by atoms with E-state index in [4.69, 9.17) is 16.3 Å². The molecule has 0 amide bonds. The Morgan fingerprint density at radius 3 is 3.00 bits per heavy atom. The first-order chi connectivity index (χ1) is 7.65. The highest BCUT2D eigenvalue weighted by Gasteiger charge is 2.05. The van der Waals surface area contributed by atoms with Gasteiger partial charge >= 0.3 is 0 Å². The van der Waals surface area contributed by atoms with E-state index in [1.54, 1.807) is 13.3 Å². The van der Waals surface area contributed by atoms with Gasteiger partial charge in [-0.2, -0.15) is 0 Å². The zero-order valence-electron chi connectivity index (χ0n) is 9.61. The van der Waals surface area contributed by atoms with Gasteiger partial charge in [-0.15, -0.1) is 0 Å². The van der Waals surface area contributed by atoms with Crippen molar-refractivity contribution >= 4 is 11.6 Å². The summed E-state index contributed by atoms with van der Waals surface area (Å²) in [5.74, 6) is 0.881. The molecule has 1 rings (SSSR count). The molecule has 1 atom stereocenters. The van der Waals surface area contributed by atoms with Gasteiger partial charge in [0.2, 0.25) is 0 Å². The van der Waals surface area contributed by atoms with Crippen LogP contribution < -0.4 is 5.32 Å². The second-order valence-electron chi connectivity index (χ2n) is 3.63. The number of aliphatic hydroxyl groups is 1. The first kappa shape index (κ1) is 13.4. The molecule has 0 bridgehead atoms. The maximum Gasteiger partial charge on any atom is 0.128 e. The second-order valence-corrected chi connectivity index (χ2v) is 4.02. The zero-order chi connectivity index (χ0) is 12.0. The summed E-state index contributed by atoms with van der Waals surface area (Å²) in [7, 11) is 3.44. The quantitative estimate of drug-likeness (QED) is 0.692. The predicted octanol–water partition coefficient (Wildman–Crippen LogP) is 0.560. The van der Waals surface area contributed by atoms with Crippen LogP contribution in [-0.4, -0.2) is 41.0 Å². The number of halogens is 1. The summed E-state index contributed by atoms with van der Waals surface area (Å²) >= 11 is 5.85. The number of nitrogens with zero attached hydrogens (tertiary/aromatic N) is 2. The Bertz CT molecular complexity index is 317. The van der Waals surface area contributed by atoms with Crippen molar-refractivity contribution in [2.24, 2.45) is 7.05 Å². The maximum absolute atomic E-state index is 9.40. The first-order valence-corrected chi connectivity index (χ1v) is 5.56. The molecule has 0 spiro atoms. The van der Waals surface area contributed by atoms with Gasteiger partial charge in [-0.25, -0.2) is 4.98 Å². The summed E-state index contributed by atoms with van der Waals surface area (Å²) in [5, 5.41) is 13.2. The molecule has 1 unspecified atom stereocenters. The topological polar surface area (TPSA) is 59.3 Å². The Morgan fingerprint density at radius 2 is 2.44 bits per heavy atom. The van der Waals surface area contributed by atoms with Crippen LogP contribution in [0.5, 0.6) is 0 Å². The average Bonchev–Trinajstić information content (AvgIpc) is 2.56. The number of aromatic nitrogens is 2. The Kier molecular flexibility index (Phi) is 5.76. The van der Waals surface area contributed by atoms with Crippen molar-refractivity contribution < 1.29 is 9.84 Å². The Balaban J connectivity index is 2.18. The van der Waals surface area contributed by atoms with Crippen LogP contribution in [0.25, 0.3) is 0 Å². The molecular formula is C10H18ClN3O2. The minimum absolute atomic E-state index is 0.371. The van der Waals surface area contributed by atoms with Gasteiger partial charge in [0, 0.05) is 14.2 Å². The molecule has 0 fully saturated rings. The highest BCUT2D eigenvalue weighted by atomic mass is 35.5. The van der Waals surface area contributed by atoms with Crippen LogP contribution >= 0.6 is 11.6 Å². The van der Waals surface area contributed by atoms with Crippen molar-refractivity contribution in [3.8, 4) is 0 Å². The zero-order valence-corrected chi connectivity index (χ0v) is 10.4. The third-order valence-electron chi connectivity index (χ3n) is 2.32. The molecule has 1 heterocycles. The summed E-state index contributed by atoms with van der Waals surface area (Å²) in [6.07, 6.45) is 1.87. The van der Waals surface area contributed by atoms with Crippen LogP contribution in [0.1, 0.15) is 12.2 Å². The van der Waals surface area contributed by atoms with Gasteiger partial charge in [-0.1, -0.05) is 11.6 Å². The van der Waals surface area contributed by atoms with Crippen LogP contribution in [0, 0.1) is 0 Å². The van der Waals surface area contributed by atoms with E-state index in [-0.39, 0.29) is 0 Å². The number of rotatable bonds is 7. The summed E-state index contributed by atoms with van der Waals surface area (Å²) in [6.45, 7) is 1.73. The number of hydrogen-bond acceptors (Lipinski definition) is 4. The first-order valence-electron chi connectivity index (χ1n) is 5.19. The summed E-state index contributed by atoms with van der Waals surface area (Å²) in [4.78, 5) is 4.15. The number of ether oxygens (including phenoxy) is 1. The Labute approximate surface area is 100 Å². The number of aliphatic hydroxyl groups excluding tert-OH is 1. The molecule has 5 nitrogen and oxygen atoms in total. The number of hydrogen-bond donors (Lipinski definition) is 2. The molecule has 1 aromatic rings. The molecule has 0 aliphatic heterocycles. The Morgan fingerprint density at radius 1 is 1.69 bits per heavy atom. The lowest BCUT2D eigenvalue weighted by Gasteiger charge is -2.10. The summed E-state index contributed by atoms with van der Waals surface area (Å²) < 4.78 is 6.65. The summed E-state index contributed by atoms with van der Waals surface area (Å²) in [6, 6.07) is 0. The number of nitrogens with one attached hydrogen (secondary N) is 1. The van der Waals surface area contributed by atoms with E-state index in [0.29, 0.717) is 24.7 Å². The minimum atomic E-state index is -0.414. The van der Waals surface area contributed by atoms with Crippen molar-refractivity contribution in [3.63, 3.8) is 0 Å². The van der Waals surface area contributed by atoms with Gasteiger partial charge in [0.25, 0.3) is 0 Å². The van der Waals surface area contributed by atoms with Crippen LogP contribution in [0.3, 0.4) is 0 Å². The SMILES string of the molecule is COCC(O)CCNCc1ncc(Cl)n1C. The van der Waals surface area contributed by atoms with Crippen LogP contribution in [0.4, 0.5) is 0 Å². The van der Waals surface area contributed by atoms with Crippen molar-refractivity contribution in [2.45, 2.75) is 19.1 Å². The van der Waals surface area contributed by atoms with Crippen molar-refractivity contribution in [1.29, 1.82) is 0 Å². The maximum atomic E-state index is 9.40. The highest BCUT2D eigenvalue weighted by Crippen LogP contribution is 2.08. The Hall–Kier alpha value is -0.620. The smallest absolute Gasteiger partial charge is 0.128 e. The van der Waals surface area contributed by atoms with Crippen molar-refractivity contribution in [3.05, 3.63) is 17.2 Å². The van der Waals surface area contributed by atoms with Gasteiger partial charge in [0.05, 0.1) is 25.5 Å². The normalized spacial score (nSPS) is 13.0. The van der Waals surface area contributed by atoms with E-state index in [1.165, 1.54) is 0 Å². The van der Waals surface area contributed by atoms with Gasteiger partial charge in [0.1, 0.15) is 11.0 Å². The fraction of sp³-hybridized carbons (Fsp3) is 0.700. The van der Waals surface area contributed by atoms with E-state index in [9.17, 15) is 5.11 Å². The van der Waals surface area contributed by atoms with Crippen molar-refractivity contribution in [2.75, 3.05) is 20.3 Å². The standard InChI is InChI=1S/C10H18ClN3O2/c1-14-9(11)5-13-10(14)6-12-4-3-8(15)7-16-2/h5,8,12,15H,3-4,6-7H2,1-2H3. The molecular weight excluding hydrogens is 230 g/mol. The molecule has 0 aromatic carbocycles. The van der Waals surface area contributed by atoms with Crippen LogP contribution in [0.2, 0.25) is 5.15 Å². The average molecular weight is 248 g/mol. The number of methoxy groups -OCH3 is 1. The molecule has 0 radical (unpaired) electrons. The molecule has 0 aliphatic carbocycles. The lowest BCUT2D eigenvalue weighted by atomic mass is 10.2. The highest BCUT2D eigenvalue weighted by molar-refractivity contribution is 6.29. The van der Waals surface area contributed by atoms with Crippen LogP contribution in [-0.2, 0) is 18.3 Å². The van der Waals surface area contributed by atoms with Gasteiger partial charge in [-0.05, 0) is 13.0 Å². The van der Waals surface area contributed by atoms with Crippen molar-refractivity contribution in [1.82, 2.24) is 14.9 Å². The lowest BCUT2D eigenvalue weighted by Crippen LogP contribution is -2.24. The van der Waals surface area contributed by atoms with E-state index in [0.717, 1.165) is 12.4 Å². The van der Waals surface area contributed by atoms with Crippen LogP contribution in [0.15, 0.2) is 6.20 Å².